The van der Waals surface area contributed by atoms with Crippen molar-refractivity contribution in [1.82, 2.24) is 26.1 Å². The van der Waals surface area contributed by atoms with Gasteiger partial charge < -0.3 is 0 Å². The molecule has 2 radical (unpaired) electrons. The molecule has 1 aromatic heterocycles. The number of aromatic amines is 1. The Morgan fingerprint density at radius 3 is 1.67 bits per heavy atom. The first-order valence-corrected chi connectivity index (χ1v) is 1.05. The van der Waals surface area contributed by atoms with E-state index >= 15 is 0 Å². The van der Waals surface area contributed by atoms with Gasteiger partial charge in [0.2, 0.25) is 0 Å². The quantitative estimate of drug-likeness (QED) is 0.542. The third kappa shape index (κ3) is 1.38. The van der Waals surface area contributed by atoms with E-state index in [2.05, 4.69) is 26.1 Å². The van der Waals surface area contributed by atoms with E-state index in [1.54, 1.807) is 0 Å². The normalized spacial score (nSPS) is 6.67. The van der Waals surface area contributed by atoms with Crippen molar-refractivity contribution >= 4 is 27.3 Å². The zero-order chi connectivity index (χ0) is 3.54. The minimum atomic E-state index is 0. The first kappa shape index (κ1) is 5.92. The molecule has 0 unspecified atom stereocenters. The van der Waals surface area contributed by atoms with E-state index in [1.807, 2.05) is 0 Å². The van der Waals surface area contributed by atoms with Gasteiger partial charge in [-0.05, 0) is 20.9 Å². The molecule has 0 bridgehead atoms. The van der Waals surface area contributed by atoms with Crippen LogP contribution in [0.15, 0.2) is 0 Å². The average molecular weight is 280 g/mol. The summed E-state index contributed by atoms with van der Waals surface area (Å²) in [5.74, 6) is 0. The fraction of sp³-hybridized carbons (Fsp3) is 0. The van der Waals surface area contributed by atoms with Gasteiger partial charge in [-0.2, -0.15) is 5.21 Å². The number of H-pyrrole nitrogens is 1. The molecule has 1 rings (SSSR count). The Balaban J connectivity index is 0.000000250. The fourth-order valence-electron chi connectivity index (χ4n) is 0.100. The smallest absolute Gasteiger partial charge is 0.00217 e. The van der Waals surface area contributed by atoms with Crippen LogP contribution in [0.1, 0.15) is 0 Å². The van der Waals surface area contributed by atoms with Crippen LogP contribution < -0.4 is 0 Å². The Morgan fingerprint density at radius 2 is 1.50 bits per heavy atom. The van der Waals surface area contributed by atoms with Crippen LogP contribution in [0.25, 0.3) is 0 Å². The van der Waals surface area contributed by atoms with Crippen LogP contribution in [-0.2, 0) is 0 Å². The van der Waals surface area contributed by atoms with E-state index in [4.69, 9.17) is 0 Å². The van der Waals surface area contributed by atoms with Crippen LogP contribution in [0.5, 0.6) is 0 Å². The van der Waals surface area contributed by atoms with Crippen LogP contribution in [0, 0.1) is 0 Å². The van der Waals surface area contributed by atoms with Crippen molar-refractivity contribution in [2.45, 2.75) is 0 Å². The monoisotopic (exact) mass is 281 g/mol. The SMILES string of the molecule is [PbH2].n1nn[nH]n1. The second-order valence-corrected chi connectivity index (χ2v) is 0.479. The van der Waals surface area contributed by atoms with E-state index in [9.17, 15) is 0 Å². The zero-order valence-corrected chi connectivity index (χ0v) is 8.49. The van der Waals surface area contributed by atoms with E-state index in [0.29, 0.717) is 0 Å². The number of nitrogens with zero attached hydrogens (tertiary/aromatic N) is 4. The molecule has 6 heavy (non-hydrogen) atoms. The topological polar surface area (TPSA) is 67.3 Å². The van der Waals surface area contributed by atoms with Gasteiger partial charge in [-0.15, -0.1) is 0 Å². The van der Waals surface area contributed by atoms with Crippen molar-refractivity contribution in [3.63, 3.8) is 0 Å². The molecule has 0 amide bonds. The van der Waals surface area contributed by atoms with Gasteiger partial charge in [-0.25, -0.2) is 0 Å². The predicted molar refractivity (Wildman–Crippen MR) is 20.5 cm³/mol. The zero-order valence-electron chi connectivity index (χ0n) is 3.00. The summed E-state index contributed by atoms with van der Waals surface area (Å²) in [6.07, 6.45) is 0. The van der Waals surface area contributed by atoms with Gasteiger partial charge in [0.1, 0.15) is 0 Å². The molecular formula is H3N5Pb. The Labute approximate surface area is 53.6 Å². The Kier molecular flexibility index (Phi) is 3.08. The standard InChI is InChI=1S/HN5.Pb.2H/c1-2-4-5-3-1;;;/h(H,1,2,3,4,5);;;. The number of nitrogens with one attached hydrogen (secondary N) is 1. The van der Waals surface area contributed by atoms with Crippen molar-refractivity contribution in [3.05, 3.63) is 0 Å². The molecule has 0 saturated carbocycles. The third-order valence-corrected chi connectivity index (χ3v) is 0.219. The van der Waals surface area contributed by atoms with Gasteiger partial charge >= 0.3 is 27.3 Å². The maximum atomic E-state index is 3.12. The summed E-state index contributed by atoms with van der Waals surface area (Å²) in [6.45, 7) is 0. The summed E-state index contributed by atoms with van der Waals surface area (Å²) in [4.78, 5) is 0. The minimum absolute atomic E-state index is 0. The second kappa shape index (κ2) is 3.13. The Hall–Kier alpha value is -0.0779. The molecule has 5 nitrogen and oxygen atoms in total. The average Bonchev–Trinajstić information content (AvgIpc) is 1.76. The van der Waals surface area contributed by atoms with Gasteiger partial charge in [-0.3, -0.25) is 0 Å². The van der Waals surface area contributed by atoms with E-state index in [1.165, 1.54) is 0 Å². The van der Waals surface area contributed by atoms with Gasteiger partial charge in [0.05, 0.1) is 0 Å². The van der Waals surface area contributed by atoms with Crippen LogP contribution >= 0.6 is 0 Å². The number of hydrogen-bond donors (Lipinski definition) is 1. The van der Waals surface area contributed by atoms with E-state index in [0.717, 1.165) is 0 Å². The molecule has 1 N–H and O–H groups in total. The van der Waals surface area contributed by atoms with Crippen molar-refractivity contribution in [3.8, 4) is 0 Å². The Bertz CT molecular complexity index is 60.4. The molecule has 0 spiro atoms. The summed E-state index contributed by atoms with van der Waals surface area (Å²) in [5.41, 5.74) is 0. The van der Waals surface area contributed by atoms with E-state index in [-0.39, 0.29) is 27.3 Å². The molecule has 0 aromatic carbocycles. The molecule has 1 heterocycles. The molecule has 1 aromatic rings. The molecular weight excluding hydrogens is 277 g/mol. The fourth-order valence-corrected chi connectivity index (χ4v) is 0.100. The summed E-state index contributed by atoms with van der Waals surface area (Å²) in [5, 5.41) is 14.5. The van der Waals surface area contributed by atoms with Crippen LogP contribution in [-0.4, -0.2) is 53.4 Å². The largest absolute Gasteiger partial charge is 0.157 e. The molecule has 6 heteroatoms. The molecule has 0 aliphatic rings. The molecule has 0 fully saturated rings. The molecule has 0 atom stereocenters. The van der Waals surface area contributed by atoms with Crippen LogP contribution in [0.4, 0.5) is 0 Å². The van der Waals surface area contributed by atoms with Crippen molar-refractivity contribution in [2.75, 3.05) is 0 Å². The molecule has 0 aliphatic heterocycles. The summed E-state index contributed by atoms with van der Waals surface area (Å²) >= 11 is 0. The van der Waals surface area contributed by atoms with Crippen LogP contribution in [0.2, 0.25) is 0 Å². The summed E-state index contributed by atoms with van der Waals surface area (Å²) in [7, 11) is 0. The van der Waals surface area contributed by atoms with Gasteiger partial charge in [0.25, 0.3) is 0 Å². The van der Waals surface area contributed by atoms with Crippen molar-refractivity contribution in [2.24, 2.45) is 0 Å². The molecule has 32 valence electrons. The van der Waals surface area contributed by atoms with Gasteiger partial charge in [-0.1, -0.05) is 0 Å². The van der Waals surface area contributed by atoms with Crippen LogP contribution in [0.3, 0.4) is 0 Å². The number of aromatic nitrogens is 5. The van der Waals surface area contributed by atoms with Crippen molar-refractivity contribution in [1.29, 1.82) is 0 Å². The third-order valence-electron chi connectivity index (χ3n) is 0.219. The maximum absolute atomic E-state index is 3.12. The first-order chi connectivity index (χ1) is 2.50. The summed E-state index contributed by atoms with van der Waals surface area (Å²) < 4.78 is 0. The summed E-state index contributed by atoms with van der Waals surface area (Å²) in [6, 6.07) is 0. The molecule has 0 saturated heterocycles. The number of rotatable bonds is 0. The number of hydrogen-bond acceptors (Lipinski definition) is 4. The van der Waals surface area contributed by atoms with Gasteiger partial charge in [0.15, 0.2) is 0 Å². The minimum Gasteiger partial charge on any atom is -0.157 e. The second-order valence-electron chi connectivity index (χ2n) is 0.479. The van der Waals surface area contributed by atoms with Gasteiger partial charge in [0, 0.05) is 0 Å². The maximum Gasteiger partial charge on any atom is -0.00217 e. The molecule has 0 aliphatic carbocycles. The van der Waals surface area contributed by atoms with E-state index < -0.39 is 0 Å². The predicted octanol–water partition coefficient (Wildman–Crippen LogP) is -2.32. The Morgan fingerprint density at radius 1 is 1.00 bits per heavy atom. The first-order valence-electron chi connectivity index (χ1n) is 1.05. The van der Waals surface area contributed by atoms with Crippen molar-refractivity contribution < 1.29 is 0 Å².